The van der Waals surface area contributed by atoms with Crippen LogP contribution in [0.15, 0.2) is 22.7 Å². The number of nitrogens with one attached hydrogen (secondary N) is 1. The number of nitrogens with two attached hydrogens (primary N) is 1. The van der Waals surface area contributed by atoms with Crippen molar-refractivity contribution in [2.75, 3.05) is 11.1 Å². The van der Waals surface area contributed by atoms with Crippen LogP contribution in [0.3, 0.4) is 0 Å². The van der Waals surface area contributed by atoms with E-state index in [-0.39, 0.29) is 11.3 Å². The standard InChI is InChI=1S/C17H21BrN2O/c18-14-6-13(19)1-2-15(14)20-16(21)17-7-10-3-11(8-17)5-12(4-10)9-17/h1-2,6,10-12H,3-5,7-9,19H2,(H,20,21). The third-order valence-electron chi connectivity index (χ3n) is 5.76. The van der Waals surface area contributed by atoms with Gasteiger partial charge in [0.15, 0.2) is 0 Å². The van der Waals surface area contributed by atoms with Crippen LogP contribution in [0.1, 0.15) is 38.5 Å². The van der Waals surface area contributed by atoms with Gasteiger partial charge in [0.05, 0.1) is 11.1 Å². The van der Waals surface area contributed by atoms with Gasteiger partial charge in [-0.25, -0.2) is 0 Å². The molecule has 1 aromatic rings. The SMILES string of the molecule is Nc1ccc(NC(=O)C23CC4CC(CC(C4)C2)C3)c(Br)c1. The summed E-state index contributed by atoms with van der Waals surface area (Å²) in [6.07, 6.45) is 7.36. The number of hydrogen-bond acceptors (Lipinski definition) is 2. The molecular formula is C17H21BrN2O. The van der Waals surface area contributed by atoms with Crippen molar-refractivity contribution >= 4 is 33.2 Å². The first kappa shape index (κ1) is 13.6. The summed E-state index contributed by atoms with van der Waals surface area (Å²) in [6, 6.07) is 5.56. The van der Waals surface area contributed by atoms with Crippen LogP contribution in [0.2, 0.25) is 0 Å². The highest BCUT2D eigenvalue weighted by Gasteiger charge is 2.54. The van der Waals surface area contributed by atoms with Crippen molar-refractivity contribution in [2.24, 2.45) is 23.2 Å². The molecule has 0 saturated heterocycles. The van der Waals surface area contributed by atoms with Crippen molar-refractivity contribution in [3.05, 3.63) is 22.7 Å². The topological polar surface area (TPSA) is 55.1 Å². The average molecular weight is 349 g/mol. The van der Waals surface area contributed by atoms with E-state index >= 15 is 0 Å². The van der Waals surface area contributed by atoms with E-state index in [0.717, 1.165) is 47.2 Å². The molecule has 0 spiro atoms. The van der Waals surface area contributed by atoms with Crippen LogP contribution in [-0.2, 0) is 4.79 Å². The normalized spacial score (nSPS) is 36.7. The highest BCUT2D eigenvalue weighted by atomic mass is 79.9. The molecule has 4 saturated carbocycles. The predicted octanol–water partition coefficient (Wildman–Crippen LogP) is 4.19. The summed E-state index contributed by atoms with van der Waals surface area (Å²) in [5.41, 5.74) is 7.20. The van der Waals surface area contributed by atoms with E-state index in [1.54, 1.807) is 0 Å². The maximum absolute atomic E-state index is 12.9. The molecule has 1 aromatic carbocycles. The Morgan fingerprint density at radius 2 is 1.71 bits per heavy atom. The van der Waals surface area contributed by atoms with Crippen LogP contribution in [-0.4, -0.2) is 5.91 Å². The fraction of sp³-hybridized carbons (Fsp3) is 0.588. The zero-order valence-corrected chi connectivity index (χ0v) is 13.7. The zero-order valence-electron chi connectivity index (χ0n) is 12.1. The minimum absolute atomic E-state index is 0.102. The highest BCUT2D eigenvalue weighted by Crippen LogP contribution is 2.60. The Labute approximate surface area is 133 Å². The number of nitrogen functional groups attached to an aromatic ring is 1. The molecule has 0 radical (unpaired) electrons. The molecule has 21 heavy (non-hydrogen) atoms. The first-order valence-electron chi connectivity index (χ1n) is 7.90. The third-order valence-corrected chi connectivity index (χ3v) is 6.42. The number of rotatable bonds is 2. The Balaban J connectivity index is 1.57. The van der Waals surface area contributed by atoms with Crippen molar-refractivity contribution in [1.29, 1.82) is 0 Å². The summed E-state index contributed by atoms with van der Waals surface area (Å²) in [7, 11) is 0. The Morgan fingerprint density at radius 3 is 2.24 bits per heavy atom. The second-order valence-corrected chi connectivity index (χ2v) is 8.25. The molecule has 4 aliphatic carbocycles. The minimum Gasteiger partial charge on any atom is -0.399 e. The van der Waals surface area contributed by atoms with E-state index in [1.165, 1.54) is 19.3 Å². The van der Waals surface area contributed by atoms with Crippen LogP contribution >= 0.6 is 15.9 Å². The fourth-order valence-electron chi connectivity index (χ4n) is 5.28. The van der Waals surface area contributed by atoms with E-state index in [4.69, 9.17) is 5.73 Å². The number of halogens is 1. The lowest BCUT2D eigenvalue weighted by Gasteiger charge is -2.55. The zero-order chi connectivity index (χ0) is 14.6. The van der Waals surface area contributed by atoms with E-state index in [0.29, 0.717) is 5.69 Å². The van der Waals surface area contributed by atoms with Gasteiger partial charge in [-0.05, 0) is 90.4 Å². The predicted molar refractivity (Wildman–Crippen MR) is 87.8 cm³/mol. The number of carbonyl (C=O) groups is 1. The number of carbonyl (C=O) groups excluding carboxylic acids is 1. The summed E-state index contributed by atoms with van der Waals surface area (Å²) in [4.78, 5) is 12.9. The Bertz CT molecular complexity index is 563. The maximum atomic E-state index is 12.9. The summed E-state index contributed by atoms with van der Waals surface area (Å²) in [6.45, 7) is 0. The van der Waals surface area contributed by atoms with Crippen LogP contribution in [0.4, 0.5) is 11.4 Å². The van der Waals surface area contributed by atoms with Crippen LogP contribution < -0.4 is 11.1 Å². The number of amides is 1. The van der Waals surface area contributed by atoms with Crippen molar-refractivity contribution < 1.29 is 4.79 Å². The van der Waals surface area contributed by atoms with E-state index < -0.39 is 0 Å². The van der Waals surface area contributed by atoms with Gasteiger partial charge in [0.2, 0.25) is 5.91 Å². The second-order valence-electron chi connectivity index (χ2n) is 7.39. The van der Waals surface area contributed by atoms with E-state index in [9.17, 15) is 4.79 Å². The first-order chi connectivity index (χ1) is 10.0. The van der Waals surface area contributed by atoms with E-state index in [1.807, 2.05) is 18.2 Å². The lowest BCUT2D eigenvalue weighted by Crippen LogP contribution is -2.51. The lowest BCUT2D eigenvalue weighted by molar-refractivity contribution is -0.140. The lowest BCUT2D eigenvalue weighted by atomic mass is 9.49. The number of anilines is 2. The molecule has 3 N–H and O–H groups in total. The molecule has 5 rings (SSSR count). The molecule has 1 amide bonds. The molecular weight excluding hydrogens is 328 g/mol. The molecule has 0 atom stereocenters. The van der Waals surface area contributed by atoms with Gasteiger partial charge in [0.1, 0.15) is 0 Å². The van der Waals surface area contributed by atoms with Crippen molar-refractivity contribution in [1.82, 2.24) is 0 Å². The van der Waals surface area contributed by atoms with Gasteiger partial charge in [-0.2, -0.15) is 0 Å². The third kappa shape index (κ3) is 2.28. The molecule has 4 bridgehead atoms. The first-order valence-corrected chi connectivity index (χ1v) is 8.70. The summed E-state index contributed by atoms with van der Waals surface area (Å²) in [5, 5.41) is 3.15. The summed E-state index contributed by atoms with van der Waals surface area (Å²) < 4.78 is 0.862. The monoisotopic (exact) mass is 348 g/mol. The van der Waals surface area contributed by atoms with Gasteiger partial charge in [-0.3, -0.25) is 4.79 Å². The molecule has 4 heteroatoms. The van der Waals surface area contributed by atoms with Gasteiger partial charge in [0, 0.05) is 10.2 Å². The molecule has 0 aromatic heterocycles. The Kier molecular flexibility index (Phi) is 3.07. The van der Waals surface area contributed by atoms with Gasteiger partial charge < -0.3 is 11.1 Å². The molecule has 112 valence electrons. The van der Waals surface area contributed by atoms with Gasteiger partial charge in [-0.1, -0.05) is 0 Å². The molecule has 4 aliphatic rings. The quantitative estimate of drug-likeness (QED) is 0.787. The van der Waals surface area contributed by atoms with Crippen LogP contribution in [0.25, 0.3) is 0 Å². The highest BCUT2D eigenvalue weighted by molar-refractivity contribution is 9.10. The largest absolute Gasteiger partial charge is 0.399 e. The molecule has 0 unspecified atom stereocenters. The molecule has 4 fully saturated rings. The van der Waals surface area contributed by atoms with Gasteiger partial charge >= 0.3 is 0 Å². The van der Waals surface area contributed by atoms with Crippen molar-refractivity contribution in [3.63, 3.8) is 0 Å². The summed E-state index contributed by atoms with van der Waals surface area (Å²) >= 11 is 3.49. The maximum Gasteiger partial charge on any atom is 0.230 e. The Morgan fingerprint density at radius 1 is 1.14 bits per heavy atom. The number of hydrogen-bond donors (Lipinski definition) is 2. The van der Waals surface area contributed by atoms with Crippen molar-refractivity contribution in [2.45, 2.75) is 38.5 Å². The minimum atomic E-state index is -0.102. The van der Waals surface area contributed by atoms with Crippen molar-refractivity contribution in [3.8, 4) is 0 Å². The fourth-order valence-corrected chi connectivity index (χ4v) is 5.77. The Hall–Kier alpha value is -1.03. The summed E-state index contributed by atoms with van der Waals surface area (Å²) in [5.74, 6) is 2.60. The average Bonchev–Trinajstić information content (AvgIpc) is 2.40. The number of benzene rings is 1. The molecule has 3 nitrogen and oxygen atoms in total. The van der Waals surface area contributed by atoms with Gasteiger partial charge in [-0.15, -0.1) is 0 Å². The van der Waals surface area contributed by atoms with Crippen LogP contribution in [0, 0.1) is 23.2 Å². The van der Waals surface area contributed by atoms with Gasteiger partial charge in [0.25, 0.3) is 0 Å². The molecule has 0 heterocycles. The second kappa shape index (κ2) is 4.73. The van der Waals surface area contributed by atoms with E-state index in [2.05, 4.69) is 21.2 Å². The molecule has 0 aliphatic heterocycles. The smallest absolute Gasteiger partial charge is 0.230 e. The van der Waals surface area contributed by atoms with Crippen LogP contribution in [0.5, 0.6) is 0 Å².